The standard InChI is InChI=1S/C13H22N2O/c1-15(10-6-7-10)13(16)12-8-9-4-2-3-5-11(9)14-12/h9-12,14H,2-8H2,1H3. The number of likely N-dealkylation sites (N-methyl/N-ethyl adjacent to an activating group) is 1. The van der Waals surface area contributed by atoms with Gasteiger partial charge in [0, 0.05) is 19.1 Å². The van der Waals surface area contributed by atoms with Crippen LogP contribution >= 0.6 is 0 Å². The lowest BCUT2D eigenvalue weighted by molar-refractivity contribution is -0.132. The molecule has 2 saturated carbocycles. The first-order chi connectivity index (χ1) is 7.75. The molecular formula is C13H22N2O. The first-order valence-corrected chi connectivity index (χ1v) is 6.78. The number of nitrogens with zero attached hydrogens (tertiary/aromatic N) is 1. The molecule has 0 spiro atoms. The fourth-order valence-electron chi connectivity index (χ4n) is 3.40. The maximum atomic E-state index is 12.2. The minimum absolute atomic E-state index is 0.124. The van der Waals surface area contributed by atoms with E-state index in [0.29, 0.717) is 18.0 Å². The van der Waals surface area contributed by atoms with E-state index >= 15 is 0 Å². The number of hydrogen-bond acceptors (Lipinski definition) is 2. The summed E-state index contributed by atoms with van der Waals surface area (Å²) in [5.74, 6) is 1.12. The third kappa shape index (κ3) is 1.86. The average molecular weight is 222 g/mol. The summed E-state index contributed by atoms with van der Waals surface area (Å²) in [5.41, 5.74) is 0. The molecule has 3 nitrogen and oxygen atoms in total. The second-order valence-electron chi connectivity index (χ2n) is 5.79. The number of rotatable bonds is 2. The second kappa shape index (κ2) is 4.02. The summed E-state index contributed by atoms with van der Waals surface area (Å²) in [6, 6.07) is 1.31. The van der Waals surface area contributed by atoms with E-state index in [2.05, 4.69) is 5.32 Å². The molecule has 0 aromatic heterocycles. The van der Waals surface area contributed by atoms with Gasteiger partial charge in [-0.1, -0.05) is 12.8 Å². The van der Waals surface area contributed by atoms with Crippen molar-refractivity contribution < 1.29 is 4.79 Å². The van der Waals surface area contributed by atoms with Crippen molar-refractivity contribution in [2.75, 3.05) is 7.05 Å². The molecular weight excluding hydrogens is 200 g/mol. The molecule has 90 valence electrons. The Morgan fingerprint density at radius 2 is 1.94 bits per heavy atom. The fourth-order valence-corrected chi connectivity index (χ4v) is 3.40. The highest BCUT2D eigenvalue weighted by Crippen LogP contribution is 2.34. The van der Waals surface area contributed by atoms with E-state index in [0.717, 1.165) is 12.3 Å². The van der Waals surface area contributed by atoms with Crippen molar-refractivity contribution in [1.29, 1.82) is 0 Å². The topological polar surface area (TPSA) is 32.3 Å². The number of amides is 1. The van der Waals surface area contributed by atoms with Crippen LogP contribution in [0.15, 0.2) is 0 Å². The minimum Gasteiger partial charge on any atom is -0.341 e. The molecule has 1 N–H and O–H groups in total. The third-order valence-electron chi connectivity index (χ3n) is 4.60. The Hall–Kier alpha value is -0.570. The Morgan fingerprint density at radius 3 is 2.62 bits per heavy atom. The van der Waals surface area contributed by atoms with Crippen molar-refractivity contribution in [3.05, 3.63) is 0 Å². The molecule has 1 amide bonds. The maximum absolute atomic E-state index is 12.2. The van der Waals surface area contributed by atoms with Gasteiger partial charge >= 0.3 is 0 Å². The number of carbonyl (C=O) groups excluding carboxylic acids is 1. The number of nitrogens with one attached hydrogen (secondary N) is 1. The van der Waals surface area contributed by atoms with Crippen LogP contribution in [-0.2, 0) is 4.79 Å². The zero-order valence-electron chi connectivity index (χ0n) is 10.1. The molecule has 1 aliphatic heterocycles. The van der Waals surface area contributed by atoms with Gasteiger partial charge in [-0.05, 0) is 38.0 Å². The minimum atomic E-state index is 0.124. The quantitative estimate of drug-likeness (QED) is 0.768. The van der Waals surface area contributed by atoms with Gasteiger partial charge in [0.15, 0.2) is 0 Å². The second-order valence-corrected chi connectivity index (χ2v) is 5.79. The van der Waals surface area contributed by atoms with E-state index in [1.54, 1.807) is 0 Å². The lowest BCUT2D eigenvalue weighted by Gasteiger charge is -2.24. The molecule has 3 rings (SSSR count). The average Bonchev–Trinajstić information content (AvgIpc) is 3.06. The van der Waals surface area contributed by atoms with Crippen LogP contribution in [0.4, 0.5) is 0 Å². The molecule has 3 aliphatic rings. The van der Waals surface area contributed by atoms with Crippen LogP contribution in [0.5, 0.6) is 0 Å². The van der Waals surface area contributed by atoms with Crippen LogP contribution in [0, 0.1) is 5.92 Å². The summed E-state index contributed by atoms with van der Waals surface area (Å²) < 4.78 is 0. The van der Waals surface area contributed by atoms with Crippen molar-refractivity contribution in [2.45, 2.75) is 63.1 Å². The van der Waals surface area contributed by atoms with Gasteiger partial charge in [-0.25, -0.2) is 0 Å². The Balaban J connectivity index is 1.61. The molecule has 3 heteroatoms. The van der Waals surface area contributed by atoms with Gasteiger partial charge in [-0.3, -0.25) is 4.79 Å². The van der Waals surface area contributed by atoms with Gasteiger partial charge in [0.1, 0.15) is 0 Å². The monoisotopic (exact) mass is 222 g/mol. The largest absolute Gasteiger partial charge is 0.341 e. The van der Waals surface area contributed by atoms with Crippen molar-refractivity contribution in [3.8, 4) is 0 Å². The number of fused-ring (bicyclic) bond motifs is 1. The van der Waals surface area contributed by atoms with Crippen LogP contribution < -0.4 is 5.32 Å². The molecule has 16 heavy (non-hydrogen) atoms. The summed E-state index contributed by atoms with van der Waals surface area (Å²) in [5, 5.41) is 3.56. The first-order valence-electron chi connectivity index (χ1n) is 6.78. The molecule has 0 radical (unpaired) electrons. The smallest absolute Gasteiger partial charge is 0.239 e. The van der Waals surface area contributed by atoms with Gasteiger partial charge in [-0.15, -0.1) is 0 Å². The summed E-state index contributed by atoms with van der Waals surface area (Å²) in [6.45, 7) is 0. The normalized spacial score (nSPS) is 38.2. The van der Waals surface area contributed by atoms with Crippen LogP contribution in [0.2, 0.25) is 0 Å². The molecule has 1 saturated heterocycles. The highest BCUT2D eigenvalue weighted by molar-refractivity contribution is 5.82. The van der Waals surface area contributed by atoms with Crippen molar-refractivity contribution in [1.82, 2.24) is 10.2 Å². The van der Waals surface area contributed by atoms with Gasteiger partial charge in [0.2, 0.25) is 5.91 Å². The molecule has 0 aromatic carbocycles. The van der Waals surface area contributed by atoms with Crippen molar-refractivity contribution in [3.63, 3.8) is 0 Å². The summed E-state index contributed by atoms with van der Waals surface area (Å²) in [7, 11) is 1.98. The van der Waals surface area contributed by atoms with Gasteiger partial charge in [0.25, 0.3) is 0 Å². The van der Waals surface area contributed by atoms with E-state index in [4.69, 9.17) is 0 Å². The first kappa shape index (κ1) is 10.6. The molecule has 1 heterocycles. The third-order valence-corrected chi connectivity index (χ3v) is 4.60. The SMILES string of the molecule is CN(C(=O)C1CC2CCCCC2N1)C1CC1. The highest BCUT2D eigenvalue weighted by atomic mass is 16.2. The molecule has 3 atom stereocenters. The predicted molar refractivity (Wildman–Crippen MR) is 63.1 cm³/mol. The summed E-state index contributed by atoms with van der Waals surface area (Å²) in [4.78, 5) is 14.2. The molecule has 0 aromatic rings. The summed E-state index contributed by atoms with van der Waals surface area (Å²) >= 11 is 0. The maximum Gasteiger partial charge on any atom is 0.239 e. The lowest BCUT2D eigenvalue weighted by atomic mass is 9.85. The Morgan fingerprint density at radius 1 is 1.19 bits per heavy atom. The van der Waals surface area contributed by atoms with Crippen LogP contribution in [0.3, 0.4) is 0 Å². The van der Waals surface area contributed by atoms with Gasteiger partial charge in [0.05, 0.1) is 6.04 Å². The zero-order valence-corrected chi connectivity index (χ0v) is 10.1. The lowest BCUT2D eigenvalue weighted by Crippen LogP contribution is -2.44. The molecule has 0 bridgehead atoms. The van der Waals surface area contributed by atoms with Crippen LogP contribution in [0.25, 0.3) is 0 Å². The van der Waals surface area contributed by atoms with E-state index in [1.165, 1.54) is 38.5 Å². The van der Waals surface area contributed by atoms with Gasteiger partial charge < -0.3 is 10.2 Å². The number of hydrogen-bond donors (Lipinski definition) is 1. The Labute approximate surface area is 97.6 Å². The molecule has 3 unspecified atom stereocenters. The highest BCUT2D eigenvalue weighted by Gasteiger charge is 2.41. The predicted octanol–water partition coefficient (Wildman–Crippen LogP) is 1.53. The molecule has 2 aliphatic carbocycles. The van der Waals surface area contributed by atoms with E-state index in [-0.39, 0.29) is 6.04 Å². The zero-order chi connectivity index (χ0) is 11.1. The van der Waals surface area contributed by atoms with Crippen molar-refractivity contribution in [2.24, 2.45) is 5.92 Å². The van der Waals surface area contributed by atoms with E-state index < -0.39 is 0 Å². The van der Waals surface area contributed by atoms with Gasteiger partial charge in [-0.2, -0.15) is 0 Å². The summed E-state index contributed by atoms with van der Waals surface area (Å²) in [6.07, 6.45) is 8.82. The Kier molecular flexibility index (Phi) is 2.66. The Bertz CT molecular complexity index is 274. The van der Waals surface area contributed by atoms with E-state index in [9.17, 15) is 4.79 Å². The number of carbonyl (C=O) groups is 1. The van der Waals surface area contributed by atoms with Crippen molar-refractivity contribution >= 4 is 5.91 Å². The van der Waals surface area contributed by atoms with Crippen LogP contribution in [-0.4, -0.2) is 36.0 Å². The van der Waals surface area contributed by atoms with Crippen LogP contribution in [0.1, 0.15) is 44.9 Å². The molecule has 3 fully saturated rings. The fraction of sp³-hybridized carbons (Fsp3) is 0.923. The van der Waals surface area contributed by atoms with E-state index in [1.807, 2.05) is 11.9 Å².